The molecule has 2 heterocycles. The largest absolute Gasteiger partial charge is 0.456 e. The van der Waals surface area contributed by atoms with E-state index in [1.807, 2.05) is 18.2 Å². The zero-order valence-corrected chi connectivity index (χ0v) is 27.0. The van der Waals surface area contributed by atoms with Crippen LogP contribution in [0.15, 0.2) is 179 Å². The van der Waals surface area contributed by atoms with Crippen LogP contribution in [0.2, 0.25) is 0 Å². The molecule has 2 heteroatoms. The summed E-state index contributed by atoms with van der Waals surface area (Å²) < 4.78 is 12.6. The highest BCUT2D eigenvalue weighted by Crippen LogP contribution is 2.47. The van der Waals surface area contributed by atoms with Gasteiger partial charge in [0.15, 0.2) is 0 Å². The predicted molar refractivity (Wildman–Crippen MR) is 210 cm³/mol. The van der Waals surface area contributed by atoms with Crippen LogP contribution >= 0.6 is 0 Å². The summed E-state index contributed by atoms with van der Waals surface area (Å²) in [4.78, 5) is 0. The maximum atomic E-state index is 6.42. The van der Waals surface area contributed by atoms with Crippen LogP contribution in [0.4, 0.5) is 0 Å². The predicted octanol–water partition coefficient (Wildman–Crippen LogP) is 13.9. The minimum atomic E-state index is 0.832. The monoisotopic (exact) mass is 636 g/mol. The lowest BCUT2D eigenvalue weighted by atomic mass is 9.83. The molecule has 0 radical (unpaired) electrons. The number of furan rings is 2. The highest BCUT2D eigenvalue weighted by atomic mass is 16.3. The van der Waals surface area contributed by atoms with Crippen LogP contribution in [-0.2, 0) is 0 Å². The summed E-state index contributed by atoms with van der Waals surface area (Å²) in [7, 11) is 0. The summed E-state index contributed by atoms with van der Waals surface area (Å²) in [5, 5.41) is 11.8. The standard InChI is InChI=1S/C48H28O2/c1-2-12-30-25-31(22-21-29(30)11-1)33-13-3-4-15-35(33)48-38-18-7-5-16-36(38)47(37-17-6-8-19-39(37)48)32-23-24-44-40(26-32)42-27-41-34-14-9-10-20-43(34)49-45(41)28-46(42)50-44/h1-28H. The smallest absolute Gasteiger partial charge is 0.139 e. The Morgan fingerprint density at radius 3 is 1.52 bits per heavy atom. The quantitative estimate of drug-likeness (QED) is 0.180. The first-order valence-corrected chi connectivity index (χ1v) is 17.1. The second kappa shape index (κ2) is 10.4. The fraction of sp³-hybridized carbons (Fsp3) is 0. The van der Waals surface area contributed by atoms with Gasteiger partial charge in [0.25, 0.3) is 0 Å². The van der Waals surface area contributed by atoms with Gasteiger partial charge in [-0.05, 0) is 96.0 Å². The first-order valence-electron chi connectivity index (χ1n) is 17.1. The Balaban J connectivity index is 1.18. The van der Waals surface area contributed by atoms with Gasteiger partial charge >= 0.3 is 0 Å². The minimum absolute atomic E-state index is 0.832. The van der Waals surface area contributed by atoms with E-state index in [2.05, 4.69) is 152 Å². The average molecular weight is 637 g/mol. The van der Waals surface area contributed by atoms with Crippen molar-refractivity contribution < 1.29 is 8.83 Å². The van der Waals surface area contributed by atoms with E-state index < -0.39 is 0 Å². The topological polar surface area (TPSA) is 26.3 Å². The Kier molecular flexibility index (Phi) is 5.70. The third kappa shape index (κ3) is 3.96. The Hall–Kier alpha value is -6.64. The molecule has 0 N–H and O–H groups in total. The SMILES string of the molecule is c1ccc(-c2c3ccccc3c(-c3ccc4oc5cc6oc7ccccc7c6cc5c4c3)c3ccccc23)c(-c2ccc3ccccc3c2)c1. The van der Waals surface area contributed by atoms with E-state index in [4.69, 9.17) is 8.83 Å². The molecule has 2 nitrogen and oxygen atoms in total. The van der Waals surface area contributed by atoms with E-state index in [0.717, 1.165) is 43.9 Å². The van der Waals surface area contributed by atoms with Gasteiger partial charge in [-0.2, -0.15) is 0 Å². The molecule has 0 spiro atoms. The second-order valence-electron chi connectivity index (χ2n) is 13.2. The van der Waals surface area contributed by atoms with Gasteiger partial charge in [-0.15, -0.1) is 0 Å². The van der Waals surface area contributed by atoms with E-state index in [0.29, 0.717) is 0 Å². The molecule has 0 aliphatic rings. The van der Waals surface area contributed by atoms with Crippen LogP contribution in [0.1, 0.15) is 0 Å². The van der Waals surface area contributed by atoms with Gasteiger partial charge in [-0.1, -0.05) is 133 Å². The first kappa shape index (κ1) is 27.3. The molecule has 9 aromatic carbocycles. The van der Waals surface area contributed by atoms with Gasteiger partial charge in [0.2, 0.25) is 0 Å². The number of benzene rings is 9. The molecule has 0 amide bonds. The molecule has 0 fully saturated rings. The van der Waals surface area contributed by atoms with Gasteiger partial charge in [-0.3, -0.25) is 0 Å². The highest BCUT2D eigenvalue weighted by Gasteiger charge is 2.20. The van der Waals surface area contributed by atoms with E-state index in [1.165, 1.54) is 65.7 Å². The average Bonchev–Trinajstić information content (AvgIpc) is 3.72. The van der Waals surface area contributed by atoms with Gasteiger partial charge in [0.1, 0.15) is 22.3 Å². The molecule has 11 aromatic rings. The van der Waals surface area contributed by atoms with Crippen LogP contribution in [-0.4, -0.2) is 0 Å². The molecule has 2 aromatic heterocycles. The fourth-order valence-corrected chi connectivity index (χ4v) is 8.19. The maximum Gasteiger partial charge on any atom is 0.139 e. The zero-order valence-electron chi connectivity index (χ0n) is 27.0. The summed E-state index contributed by atoms with van der Waals surface area (Å²) in [6.45, 7) is 0. The van der Waals surface area contributed by atoms with Crippen LogP contribution in [0, 0.1) is 0 Å². The summed E-state index contributed by atoms with van der Waals surface area (Å²) in [5.41, 5.74) is 10.8. The molecule has 0 aliphatic carbocycles. The molecule has 232 valence electrons. The Bertz CT molecular complexity index is 3100. The number of fused-ring (bicyclic) bond motifs is 9. The van der Waals surface area contributed by atoms with Crippen LogP contribution in [0.5, 0.6) is 0 Å². The maximum absolute atomic E-state index is 6.42. The van der Waals surface area contributed by atoms with Crippen molar-refractivity contribution in [3.05, 3.63) is 170 Å². The highest BCUT2D eigenvalue weighted by molar-refractivity contribution is 6.23. The molecule has 0 atom stereocenters. The van der Waals surface area contributed by atoms with Crippen molar-refractivity contribution in [3.8, 4) is 33.4 Å². The third-order valence-corrected chi connectivity index (χ3v) is 10.4. The lowest BCUT2D eigenvalue weighted by molar-refractivity contribution is 0.656. The minimum Gasteiger partial charge on any atom is -0.456 e. The van der Waals surface area contributed by atoms with E-state index >= 15 is 0 Å². The number of para-hydroxylation sites is 1. The van der Waals surface area contributed by atoms with Gasteiger partial charge in [0.05, 0.1) is 0 Å². The summed E-state index contributed by atoms with van der Waals surface area (Å²) >= 11 is 0. The van der Waals surface area contributed by atoms with E-state index in [1.54, 1.807) is 0 Å². The Labute approximate surface area is 287 Å². The van der Waals surface area contributed by atoms with E-state index in [-0.39, 0.29) is 0 Å². The summed E-state index contributed by atoms with van der Waals surface area (Å²) in [6, 6.07) is 61.1. The van der Waals surface area contributed by atoms with Gasteiger partial charge in [-0.25, -0.2) is 0 Å². The van der Waals surface area contributed by atoms with Crippen molar-refractivity contribution in [1.29, 1.82) is 0 Å². The first-order chi connectivity index (χ1) is 24.8. The molecule has 0 saturated heterocycles. The van der Waals surface area contributed by atoms with Crippen LogP contribution in [0.25, 0.3) is 110 Å². The Morgan fingerprint density at radius 2 is 0.780 bits per heavy atom. The van der Waals surface area contributed by atoms with Crippen LogP contribution < -0.4 is 0 Å². The van der Waals surface area contributed by atoms with Crippen molar-refractivity contribution >= 4 is 76.2 Å². The van der Waals surface area contributed by atoms with Crippen LogP contribution in [0.3, 0.4) is 0 Å². The molecule has 0 bridgehead atoms. The second-order valence-corrected chi connectivity index (χ2v) is 13.2. The number of rotatable bonds is 3. The fourth-order valence-electron chi connectivity index (χ4n) is 8.19. The van der Waals surface area contributed by atoms with Crippen molar-refractivity contribution in [2.75, 3.05) is 0 Å². The van der Waals surface area contributed by atoms with Crippen molar-refractivity contribution in [2.45, 2.75) is 0 Å². The molecular formula is C48H28O2. The van der Waals surface area contributed by atoms with E-state index in [9.17, 15) is 0 Å². The van der Waals surface area contributed by atoms with Gasteiger partial charge < -0.3 is 8.83 Å². The molecule has 0 aliphatic heterocycles. The van der Waals surface area contributed by atoms with Crippen molar-refractivity contribution in [3.63, 3.8) is 0 Å². The molecule has 0 unspecified atom stereocenters. The van der Waals surface area contributed by atoms with Crippen molar-refractivity contribution in [1.82, 2.24) is 0 Å². The van der Waals surface area contributed by atoms with Crippen molar-refractivity contribution in [2.24, 2.45) is 0 Å². The molecule has 0 saturated carbocycles. The summed E-state index contributed by atoms with van der Waals surface area (Å²) in [6.07, 6.45) is 0. The number of hydrogen-bond acceptors (Lipinski definition) is 2. The molecular weight excluding hydrogens is 609 g/mol. The lowest BCUT2D eigenvalue weighted by Crippen LogP contribution is -1.92. The summed E-state index contributed by atoms with van der Waals surface area (Å²) in [5.74, 6) is 0. The Morgan fingerprint density at radius 1 is 0.260 bits per heavy atom. The molecule has 11 rings (SSSR count). The molecule has 50 heavy (non-hydrogen) atoms. The third-order valence-electron chi connectivity index (χ3n) is 10.4. The lowest BCUT2D eigenvalue weighted by Gasteiger charge is -2.20. The normalized spacial score (nSPS) is 12.0. The van der Waals surface area contributed by atoms with Gasteiger partial charge in [0, 0.05) is 27.6 Å². The zero-order chi connectivity index (χ0) is 32.8. The number of hydrogen-bond donors (Lipinski definition) is 0.